The summed E-state index contributed by atoms with van der Waals surface area (Å²) in [5.74, 6) is 0. The van der Waals surface area contributed by atoms with Gasteiger partial charge in [0.1, 0.15) is 0 Å². The first-order valence-electron chi connectivity index (χ1n) is 2.17. The molecule has 0 aromatic heterocycles. The zero-order valence-electron chi connectivity index (χ0n) is 6.48. The summed E-state index contributed by atoms with van der Waals surface area (Å²) in [6.07, 6.45) is 0. The Labute approximate surface area is 131 Å². The van der Waals surface area contributed by atoms with Crippen LogP contribution >= 0.6 is 158 Å². The minimum absolute atomic E-state index is 4.53. The normalized spacial score (nSPS) is 44.1. The molecule has 0 spiro atoms. The predicted molar refractivity (Wildman–Crippen MR) is 114 cm³/mol. The maximum atomic E-state index is 4.53. The van der Waals surface area contributed by atoms with Gasteiger partial charge in [0, 0.05) is 0 Å². The zero-order chi connectivity index (χ0) is 15.3. The van der Waals surface area contributed by atoms with Crippen molar-refractivity contribution in [2.45, 2.75) is 0 Å². The third-order valence-corrected chi connectivity index (χ3v) is 0. The van der Waals surface area contributed by atoms with Crippen molar-refractivity contribution in [3.63, 3.8) is 0 Å². The fourth-order valence-corrected chi connectivity index (χ4v) is 0. The third kappa shape index (κ3) is 346. The SMILES string of the molecule is [S]=[Fe](=[S])(=[S])(=[S])(=[S])(=[S])(=[S])(=[S])(=[S])(=[S])(=[S])(=[S])(=[S])(=[S])=[S]. The Morgan fingerprint density at radius 1 is 0.250 bits per heavy atom. The van der Waals surface area contributed by atoms with E-state index >= 15 is 0 Å². The Bertz CT molecular complexity index is 3910. The summed E-state index contributed by atoms with van der Waals surface area (Å²) in [5.41, 5.74) is 0. The van der Waals surface area contributed by atoms with Crippen LogP contribution < -0.4 is 0 Å². The molecule has 0 atom stereocenters. The topological polar surface area (TPSA) is 0 Å². The van der Waals surface area contributed by atoms with Crippen molar-refractivity contribution >= 4 is 158 Å². The van der Waals surface area contributed by atoms with Crippen molar-refractivity contribution in [2.24, 2.45) is 0 Å². The molecule has 16 heteroatoms. The van der Waals surface area contributed by atoms with Gasteiger partial charge in [0.25, 0.3) is 0 Å². The van der Waals surface area contributed by atoms with Gasteiger partial charge in [0.2, 0.25) is 0 Å². The molecular weight excluding hydrogens is 537 g/mol. The summed E-state index contributed by atoms with van der Waals surface area (Å²) in [4.78, 5) is 0. The summed E-state index contributed by atoms with van der Waals surface area (Å²) in [7, 11) is 68.0. The zero-order valence-corrected chi connectivity index (χ0v) is 19.8. The Kier molecular flexibility index (Phi) is 0.625. The second-order valence-corrected chi connectivity index (χ2v) is 230. The molecule has 16 heavy (non-hydrogen) atoms. The molecule has 0 bridgehead atoms. The Balaban J connectivity index is 21.6. The average Bonchev–Trinajstić information content (AvgIpc) is 0.337. The Morgan fingerprint density at radius 2 is 0.250 bits per heavy atom. The molecule has 98 valence electrons. The van der Waals surface area contributed by atoms with Crippen LogP contribution in [0.1, 0.15) is 0 Å². The van der Waals surface area contributed by atoms with E-state index in [1.165, 1.54) is 0 Å². The predicted octanol–water partition coefficient (Wildman–Crippen LogP) is 9.72. The molecule has 0 amide bonds. The van der Waals surface area contributed by atoms with Gasteiger partial charge in [-0.05, 0) is 0 Å². The van der Waals surface area contributed by atoms with E-state index in [0.29, 0.717) is 0 Å². The summed E-state index contributed by atoms with van der Waals surface area (Å²) < 4.78 is -12.8. The molecule has 0 saturated carbocycles. The molecule has 0 heterocycles. The van der Waals surface area contributed by atoms with Gasteiger partial charge in [-0.25, -0.2) is 0 Å². The van der Waals surface area contributed by atoms with Gasteiger partial charge < -0.3 is 0 Å². The van der Waals surface area contributed by atoms with E-state index in [-0.39, 0.29) is 0 Å². The van der Waals surface area contributed by atoms with Crippen molar-refractivity contribution in [1.29, 1.82) is 0 Å². The molecule has 0 radical (unpaired) electrons. The second kappa shape index (κ2) is 0.505. The van der Waals surface area contributed by atoms with E-state index in [0.717, 1.165) is 0 Å². The van der Waals surface area contributed by atoms with Crippen molar-refractivity contribution in [1.82, 2.24) is 0 Å². The van der Waals surface area contributed by atoms with E-state index in [9.17, 15) is 0 Å². The fraction of sp³-hybridized carbons (Fsp3) is 0. The summed E-state index contributed by atoms with van der Waals surface area (Å²) >= 11 is 0. The first kappa shape index (κ1) is 19.8. The standard InChI is InChI=1S/Fe.15S. The molecule has 0 saturated heterocycles. The number of hydrogen-bond donors (Lipinski definition) is 0. The Morgan fingerprint density at radius 3 is 0.250 bits per heavy atom. The van der Waals surface area contributed by atoms with Gasteiger partial charge in [-0.3, -0.25) is 0 Å². The van der Waals surface area contributed by atoms with Gasteiger partial charge in [0.05, 0.1) is 0 Å². The van der Waals surface area contributed by atoms with E-state index in [1.807, 2.05) is 0 Å². The quantitative estimate of drug-likeness (QED) is 0.269. The molecule has 0 nitrogen and oxygen atoms in total. The van der Waals surface area contributed by atoms with Gasteiger partial charge in [-0.15, -0.1) is 0 Å². The summed E-state index contributed by atoms with van der Waals surface area (Å²) in [5, 5.41) is 0. The molecule has 0 unspecified atom stereocenters. The fourth-order valence-electron chi connectivity index (χ4n) is 0. The second-order valence-electron chi connectivity index (χ2n) is 6.19. The first-order chi connectivity index (χ1) is 3.87. The molecular formula is FeS15. The molecule has 0 aromatic carbocycles. The minimum atomic E-state index is -12.8. The van der Waals surface area contributed by atoms with E-state index < -0.39 is -23.2 Å². The molecule has 0 aliphatic heterocycles. The summed E-state index contributed by atoms with van der Waals surface area (Å²) in [6, 6.07) is 0. The van der Waals surface area contributed by atoms with Crippen molar-refractivity contribution in [3.05, 3.63) is 0 Å². The molecule has 0 aliphatic rings. The molecule has 0 aromatic rings. The average molecular weight is 537 g/mol. The van der Waals surface area contributed by atoms with Crippen LogP contribution in [0.25, 0.3) is 0 Å². The van der Waals surface area contributed by atoms with Crippen molar-refractivity contribution < 1.29 is -23.2 Å². The number of rotatable bonds is 0. The van der Waals surface area contributed by atoms with Crippen LogP contribution in [-0.2, 0) is -23.2 Å². The van der Waals surface area contributed by atoms with Crippen LogP contribution in [0.5, 0.6) is 0 Å². The van der Waals surface area contributed by atoms with Crippen molar-refractivity contribution in [2.75, 3.05) is 0 Å². The van der Waals surface area contributed by atoms with Crippen LogP contribution in [-0.4, -0.2) is 0 Å². The van der Waals surface area contributed by atoms with E-state index in [2.05, 4.69) is 158 Å². The molecule has 0 N–H and O–H groups in total. The third-order valence-electron chi connectivity index (χ3n) is 0. The maximum absolute atomic E-state index is 12.8. The summed E-state index contributed by atoms with van der Waals surface area (Å²) in [6.45, 7) is 0. The van der Waals surface area contributed by atoms with E-state index in [1.54, 1.807) is 0 Å². The van der Waals surface area contributed by atoms with Gasteiger partial charge in [0.15, 0.2) is 0 Å². The van der Waals surface area contributed by atoms with Crippen LogP contribution in [0.4, 0.5) is 0 Å². The van der Waals surface area contributed by atoms with Crippen molar-refractivity contribution in [3.8, 4) is 0 Å². The van der Waals surface area contributed by atoms with Crippen LogP contribution in [0.2, 0.25) is 0 Å². The van der Waals surface area contributed by atoms with Crippen LogP contribution in [0, 0.1) is 0 Å². The van der Waals surface area contributed by atoms with Gasteiger partial charge in [-0.2, -0.15) is 0 Å². The Hall–Kier alpha value is 3.82. The van der Waals surface area contributed by atoms with Crippen LogP contribution in [0.15, 0.2) is 0 Å². The van der Waals surface area contributed by atoms with E-state index in [4.69, 9.17) is 0 Å². The molecule has 0 fully saturated rings. The van der Waals surface area contributed by atoms with Crippen LogP contribution in [0.3, 0.4) is 0 Å². The molecule has 0 aliphatic carbocycles. The molecule has 0 rings (SSSR count). The van der Waals surface area contributed by atoms with Gasteiger partial charge in [-0.1, -0.05) is 0 Å². The monoisotopic (exact) mass is 536 g/mol. The first-order valence-corrected chi connectivity index (χ1v) is 26.8. The van der Waals surface area contributed by atoms with Gasteiger partial charge >= 0.3 is 135 Å². The number of hydrogen-bond acceptors (Lipinski definition) is 15.